The molecule has 2 aliphatic heterocycles. The van der Waals surface area contributed by atoms with Crippen LogP contribution in [0.2, 0.25) is 0 Å². The molecule has 0 N–H and O–H groups in total. The van der Waals surface area contributed by atoms with E-state index in [2.05, 4.69) is 37.8 Å². The van der Waals surface area contributed by atoms with E-state index in [4.69, 9.17) is 14.2 Å². The molecular weight excluding hydrogens is 374 g/mol. The van der Waals surface area contributed by atoms with E-state index in [9.17, 15) is 0 Å². The molecule has 30 heavy (non-hydrogen) atoms. The maximum Gasteiger partial charge on any atom is 0.203 e. The Labute approximate surface area is 184 Å². The summed E-state index contributed by atoms with van der Waals surface area (Å²) in [5.74, 6) is 3.43. The van der Waals surface area contributed by atoms with Gasteiger partial charge in [-0.3, -0.25) is 4.90 Å². The smallest absolute Gasteiger partial charge is 0.203 e. The molecule has 1 saturated carbocycles. The molecule has 0 amide bonds. The van der Waals surface area contributed by atoms with Gasteiger partial charge in [0.2, 0.25) is 5.75 Å². The van der Waals surface area contributed by atoms with Crippen molar-refractivity contribution in [2.45, 2.75) is 97.6 Å². The quantitative estimate of drug-likeness (QED) is 0.319. The van der Waals surface area contributed by atoms with Gasteiger partial charge in [0.25, 0.3) is 0 Å². The van der Waals surface area contributed by atoms with Crippen molar-refractivity contribution >= 4 is 0 Å². The van der Waals surface area contributed by atoms with Crippen LogP contribution in [0.5, 0.6) is 17.2 Å². The highest BCUT2D eigenvalue weighted by Gasteiger charge is 2.33. The van der Waals surface area contributed by atoms with Gasteiger partial charge in [0.15, 0.2) is 11.5 Å². The van der Waals surface area contributed by atoms with Crippen LogP contribution in [0.25, 0.3) is 0 Å². The molecule has 0 spiro atoms. The molecule has 3 fully saturated rings. The van der Waals surface area contributed by atoms with Gasteiger partial charge < -0.3 is 14.2 Å². The molecule has 1 aliphatic carbocycles. The normalized spacial score (nSPS) is 21.0. The number of hydrogen-bond acceptors (Lipinski definition) is 4. The van der Waals surface area contributed by atoms with Crippen molar-refractivity contribution < 1.29 is 14.2 Å². The largest absolute Gasteiger partial charge is 0.490 e. The van der Waals surface area contributed by atoms with Gasteiger partial charge in [-0.1, -0.05) is 40.0 Å². The molecule has 0 unspecified atom stereocenters. The topological polar surface area (TPSA) is 30.9 Å². The summed E-state index contributed by atoms with van der Waals surface area (Å²) in [6.45, 7) is 11.0. The molecule has 4 nitrogen and oxygen atoms in total. The van der Waals surface area contributed by atoms with Gasteiger partial charge >= 0.3 is 0 Å². The lowest BCUT2D eigenvalue weighted by Crippen LogP contribution is -2.47. The third-order valence-corrected chi connectivity index (χ3v) is 6.55. The Morgan fingerprint density at radius 3 is 1.77 bits per heavy atom. The van der Waals surface area contributed by atoms with Gasteiger partial charge in [0, 0.05) is 19.1 Å². The highest BCUT2D eigenvalue weighted by Crippen LogP contribution is 2.41. The summed E-state index contributed by atoms with van der Waals surface area (Å²) < 4.78 is 18.6. The van der Waals surface area contributed by atoms with Crippen LogP contribution in [0.15, 0.2) is 12.1 Å². The Balaban J connectivity index is 1.81. The highest BCUT2D eigenvalue weighted by atomic mass is 16.5. The highest BCUT2D eigenvalue weighted by molar-refractivity contribution is 5.54. The number of fused-ring (bicyclic) bond motifs is 3. The minimum absolute atomic E-state index is 0.708. The van der Waals surface area contributed by atoms with E-state index in [1.54, 1.807) is 0 Å². The Kier molecular flexibility index (Phi) is 9.64. The molecule has 3 aliphatic rings. The number of unbranched alkanes of at least 4 members (excludes halogenated alkanes) is 3. The first-order valence-corrected chi connectivity index (χ1v) is 12.5. The van der Waals surface area contributed by atoms with Crippen molar-refractivity contribution in [2.75, 3.05) is 26.4 Å². The lowest BCUT2D eigenvalue weighted by Gasteiger charge is -2.45. The molecule has 2 heterocycles. The molecule has 0 radical (unpaired) electrons. The van der Waals surface area contributed by atoms with Crippen LogP contribution in [-0.4, -0.2) is 37.3 Å². The van der Waals surface area contributed by atoms with Crippen molar-refractivity contribution in [3.63, 3.8) is 0 Å². The predicted octanol–water partition coefficient (Wildman–Crippen LogP) is 6.60. The summed E-state index contributed by atoms with van der Waals surface area (Å²) in [6.07, 6.45) is 12.1. The monoisotopic (exact) mass is 417 g/mol. The number of benzene rings is 1. The molecule has 2 saturated heterocycles. The first-order valence-electron chi connectivity index (χ1n) is 12.5. The fourth-order valence-electron chi connectivity index (χ4n) is 4.65. The van der Waals surface area contributed by atoms with Crippen LogP contribution in [0.3, 0.4) is 0 Å². The summed E-state index contributed by atoms with van der Waals surface area (Å²) in [5, 5.41) is 0. The van der Waals surface area contributed by atoms with Crippen molar-refractivity contribution in [1.29, 1.82) is 0 Å². The second-order valence-corrected chi connectivity index (χ2v) is 9.13. The summed E-state index contributed by atoms with van der Waals surface area (Å²) >= 11 is 0. The van der Waals surface area contributed by atoms with Crippen molar-refractivity contribution in [3.05, 3.63) is 17.7 Å². The van der Waals surface area contributed by atoms with Crippen molar-refractivity contribution in [1.82, 2.24) is 4.90 Å². The molecule has 1 aromatic rings. The average Bonchev–Trinajstić information content (AvgIpc) is 2.76. The number of ether oxygens (including phenoxy) is 3. The van der Waals surface area contributed by atoms with Crippen LogP contribution < -0.4 is 14.2 Å². The summed E-state index contributed by atoms with van der Waals surface area (Å²) in [4.78, 5) is 2.69. The molecule has 0 aromatic heterocycles. The number of nitrogens with zero attached hydrogens (tertiary/aromatic N) is 1. The second-order valence-electron chi connectivity index (χ2n) is 9.13. The van der Waals surface area contributed by atoms with E-state index in [0.29, 0.717) is 6.61 Å². The molecule has 2 bridgehead atoms. The van der Waals surface area contributed by atoms with Crippen molar-refractivity contribution in [2.24, 2.45) is 5.92 Å². The van der Waals surface area contributed by atoms with E-state index in [1.165, 1.54) is 37.8 Å². The number of hydrogen-bond donors (Lipinski definition) is 0. The van der Waals surface area contributed by atoms with Crippen LogP contribution in [-0.2, 0) is 6.54 Å². The third-order valence-electron chi connectivity index (χ3n) is 6.55. The molecule has 4 heteroatoms. The molecule has 1 aromatic carbocycles. The van der Waals surface area contributed by atoms with E-state index in [0.717, 1.165) is 87.5 Å². The first kappa shape index (κ1) is 23.2. The zero-order valence-electron chi connectivity index (χ0n) is 19.6. The fraction of sp³-hybridized carbons (Fsp3) is 0.769. The van der Waals surface area contributed by atoms with Crippen LogP contribution in [0.1, 0.15) is 90.5 Å². The second kappa shape index (κ2) is 12.4. The number of piperidine rings is 2. The minimum Gasteiger partial charge on any atom is -0.490 e. The van der Waals surface area contributed by atoms with Gasteiger partial charge in [-0.05, 0) is 68.6 Å². The van der Waals surface area contributed by atoms with Gasteiger partial charge in [-0.2, -0.15) is 0 Å². The zero-order chi connectivity index (χ0) is 21.2. The summed E-state index contributed by atoms with van der Waals surface area (Å²) in [6, 6.07) is 5.18. The maximum absolute atomic E-state index is 6.22. The van der Waals surface area contributed by atoms with Gasteiger partial charge in [-0.25, -0.2) is 0 Å². The van der Waals surface area contributed by atoms with Crippen LogP contribution >= 0.6 is 0 Å². The lowest BCUT2D eigenvalue weighted by atomic mass is 9.80. The maximum atomic E-state index is 6.22. The molecule has 170 valence electrons. The van der Waals surface area contributed by atoms with Crippen LogP contribution in [0.4, 0.5) is 0 Å². The molecule has 0 atom stereocenters. The summed E-state index contributed by atoms with van der Waals surface area (Å²) in [7, 11) is 0. The van der Waals surface area contributed by atoms with Gasteiger partial charge in [0.05, 0.1) is 19.8 Å². The van der Waals surface area contributed by atoms with Gasteiger partial charge in [0.1, 0.15) is 0 Å². The van der Waals surface area contributed by atoms with Crippen molar-refractivity contribution in [3.8, 4) is 17.2 Å². The Bertz CT molecular complexity index is 594. The number of rotatable bonds is 14. The average molecular weight is 418 g/mol. The Morgan fingerprint density at radius 2 is 1.30 bits per heavy atom. The molecular formula is C26H43NO3. The standard InChI is InChI=1S/C26H43NO3/c1-4-7-14-28-24-17-22(20-27-19-21-10-12-23(27)13-11-21)18-25(29-15-8-5-2)26(24)30-16-9-6-3/h17-18,21,23H,4-16,19-20H2,1-3H3. The zero-order valence-corrected chi connectivity index (χ0v) is 19.6. The van der Waals surface area contributed by atoms with E-state index >= 15 is 0 Å². The molecule has 4 rings (SSSR count). The first-order chi connectivity index (χ1) is 14.7. The predicted molar refractivity (Wildman–Crippen MR) is 124 cm³/mol. The Morgan fingerprint density at radius 1 is 0.767 bits per heavy atom. The van der Waals surface area contributed by atoms with Crippen LogP contribution in [0, 0.1) is 5.92 Å². The van der Waals surface area contributed by atoms with E-state index < -0.39 is 0 Å². The lowest BCUT2D eigenvalue weighted by molar-refractivity contribution is 0.0424. The van der Waals surface area contributed by atoms with Gasteiger partial charge in [-0.15, -0.1) is 0 Å². The van der Waals surface area contributed by atoms with E-state index in [-0.39, 0.29) is 0 Å². The third kappa shape index (κ3) is 6.54. The fourth-order valence-corrected chi connectivity index (χ4v) is 4.65. The minimum atomic E-state index is 0.708. The summed E-state index contributed by atoms with van der Waals surface area (Å²) in [5.41, 5.74) is 1.29. The van der Waals surface area contributed by atoms with E-state index in [1.807, 2.05) is 0 Å². The Hall–Kier alpha value is -1.42. The SMILES string of the molecule is CCCCOc1cc(CN2CC3CCC2CC3)cc(OCCCC)c1OCCCC.